The van der Waals surface area contributed by atoms with Crippen molar-refractivity contribution < 1.29 is 0 Å². The van der Waals surface area contributed by atoms with E-state index < -0.39 is 0 Å². The van der Waals surface area contributed by atoms with Crippen LogP contribution in [0.25, 0.3) is 0 Å². The molecule has 0 radical (unpaired) electrons. The highest BCUT2D eigenvalue weighted by molar-refractivity contribution is 6.31. The van der Waals surface area contributed by atoms with Gasteiger partial charge in [0.25, 0.3) is 0 Å². The maximum atomic E-state index is 6.28. The summed E-state index contributed by atoms with van der Waals surface area (Å²) < 4.78 is 0. The minimum Gasteiger partial charge on any atom is -0.371 e. The minimum absolute atomic E-state index is 0.649. The molecule has 0 bridgehead atoms. The molecule has 1 aromatic carbocycles. The Hall–Kier alpha value is -0.730. The van der Waals surface area contributed by atoms with Gasteiger partial charge in [-0.2, -0.15) is 0 Å². The fourth-order valence-corrected chi connectivity index (χ4v) is 2.27. The second-order valence-electron chi connectivity index (χ2n) is 4.70. The highest BCUT2D eigenvalue weighted by atomic mass is 35.5. The van der Waals surface area contributed by atoms with Crippen LogP contribution in [-0.2, 0) is 6.54 Å². The average Bonchev–Trinajstić information content (AvgIpc) is 2.29. The van der Waals surface area contributed by atoms with Crippen LogP contribution in [0.15, 0.2) is 18.2 Å². The lowest BCUT2D eigenvalue weighted by Gasteiger charge is -2.28. The van der Waals surface area contributed by atoms with Crippen LogP contribution in [0.3, 0.4) is 0 Å². The summed E-state index contributed by atoms with van der Waals surface area (Å²) in [5.41, 5.74) is 2.45. The number of hydrogen-bond donors (Lipinski definition) is 1. The normalized spacial score (nSPS) is 10.9. The fraction of sp³-hybridized carbons (Fsp3) is 0.571. The highest BCUT2D eigenvalue weighted by Gasteiger charge is 2.13. The molecule has 0 aliphatic rings. The van der Waals surface area contributed by atoms with E-state index in [0.717, 1.165) is 24.7 Å². The smallest absolute Gasteiger partial charge is 0.0471 e. The molecule has 0 heterocycles. The number of benzene rings is 1. The molecule has 2 nitrogen and oxygen atoms in total. The van der Waals surface area contributed by atoms with Crippen LogP contribution >= 0.6 is 11.6 Å². The van der Waals surface area contributed by atoms with Crippen molar-refractivity contribution in [1.29, 1.82) is 0 Å². The third-order valence-corrected chi connectivity index (χ3v) is 3.11. The number of rotatable bonds is 6. The zero-order valence-electron chi connectivity index (χ0n) is 11.3. The second kappa shape index (κ2) is 6.87. The number of nitrogens with one attached hydrogen (secondary N) is 1. The maximum absolute atomic E-state index is 6.28. The Morgan fingerprint density at radius 1 is 1.35 bits per heavy atom. The highest BCUT2D eigenvalue weighted by Crippen LogP contribution is 2.28. The van der Waals surface area contributed by atoms with Gasteiger partial charge in [-0.15, -0.1) is 0 Å². The molecule has 0 amide bonds. The van der Waals surface area contributed by atoms with E-state index in [9.17, 15) is 0 Å². The molecular weight excluding hydrogens is 232 g/mol. The largest absolute Gasteiger partial charge is 0.371 e. The summed E-state index contributed by atoms with van der Waals surface area (Å²) in [5, 5.41) is 4.03. The molecule has 3 heteroatoms. The lowest BCUT2D eigenvalue weighted by Crippen LogP contribution is -2.28. The summed E-state index contributed by atoms with van der Waals surface area (Å²) in [6.07, 6.45) is 0. The fourth-order valence-electron chi connectivity index (χ4n) is 2.03. The van der Waals surface area contributed by atoms with Crippen molar-refractivity contribution in [2.45, 2.75) is 27.3 Å². The number of halogens is 1. The number of nitrogens with zero attached hydrogens (tertiary/aromatic N) is 1. The Morgan fingerprint density at radius 2 is 2.06 bits per heavy atom. The first-order valence-electron chi connectivity index (χ1n) is 6.27. The first-order valence-corrected chi connectivity index (χ1v) is 6.64. The van der Waals surface area contributed by atoms with Gasteiger partial charge in [0.05, 0.1) is 0 Å². The first kappa shape index (κ1) is 14.3. The molecule has 96 valence electrons. The van der Waals surface area contributed by atoms with Gasteiger partial charge in [-0.3, -0.25) is 0 Å². The van der Waals surface area contributed by atoms with E-state index in [0.29, 0.717) is 5.92 Å². The number of anilines is 1. The summed E-state index contributed by atoms with van der Waals surface area (Å²) >= 11 is 6.28. The van der Waals surface area contributed by atoms with Crippen LogP contribution in [0.2, 0.25) is 5.02 Å². The zero-order valence-corrected chi connectivity index (χ0v) is 12.0. The molecule has 0 unspecified atom stereocenters. The van der Waals surface area contributed by atoms with Gasteiger partial charge < -0.3 is 10.2 Å². The predicted octanol–water partition coefficient (Wildman–Crippen LogP) is 3.54. The molecule has 0 atom stereocenters. The Kier molecular flexibility index (Phi) is 5.79. The van der Waals surface area contributed by atoms with Crippen LogP contribution in [0, 0.1) is 5.92 Å². The molecule has 1 N–H and O–H groups in total. The first-order chi connectivity index (χ1) is 8.10. The molecule has 17 heavy (non-hydrogen) atoms. The quantitative estimate of drug-likeness (QED) is 0.835. The molecule has 0 aliphatic heterocycles. The van der Waals surface area contributed by atoms with E-state index in [1.807, 2.05) is 19.2 Å². The molecule has 0 aromatic heterocycles. The van der Waals surface area contributed by atoms with Crippen molar-refractivity contribution in [2.75, 3.05) is 25.0 Å². The van der Waals surface area contributed by atoms with E-state index in [2.05, 4.69) is 37.1 Å². The Morgan fingerprint density at radius 3 is 2.59 bits per heavy atom. The van der Waals surface area contributed by atoms with Crippen molar-refractivity contribution in [1.82, 2.24) is 5.32 Å². The van der Waals surface area contributed by atoms with Crippen LogP contribution in [0.1, 0.15) is 26.3 Å². The summed E-state index contributed by atoms with van der Waals surface area (Å²) in [7, 11) is 1.95. The van der Waals surface area contributed by atoms with Crippen molar-refractivity contribution in [3.63, 3.8) is 0 Å². The average molecular weight is 255 g/mol. The standard InChI is InChI=1S/C14H23ClN2/c1-5-17(10-11(2)3)14-8-6-7-13(15)12(14)9-16-4/h6-8,11,16H,5,9-10H2,1-4H3. The van der Waals surface area contributed by atoms with Gasteiger partial charge in [0, 0.05) is 35.9 Å². The van der Waals surface area contributed by atoms with E-state index in [-0.39, 0.29) is 0 Å². The van der Waals surface area contributed by atoms with Crippen LogP contribution in [-0.4, -0.2) is 20.1 Å². The summed E-state index contributed by atoms with van der Waals surface area (Å²) in [5.74, 6) is 0.649. The second-order valence-corrected chi connectivity index (χ2v) is 5.11. The third kappa shape index (κ3) is 3.90. The molecule has 0 aliphatic carbocycles. The van der Waals surface area contributed by atoms with Crippen molar-refractivity contribution >= 4 is 17.3 Å². The van der Waals surface area contributed by atoms with Crippen LogP contribution in [0.4, 0.5) is 5.69 Å². The lowest BCUT2D eigenvalue weighted by molar-refractivity contribution is 0.616. The monoisotopic (exact) mass is 254 g/mol. The van der Waals surface area contributed by atoms with Gasteiger partial charge in [-0.1, -0.05) is 31.5 Å². The topological polar surface area (TPSA) is 15.3 Å². The van der Waals surface area contributed by atoms with Gasteiger partial charge >= 0.3 is 0 Å². The molecule has 0 saturated heterocycles. The zero-order chi connectivity index (χ0) is 12.8. The lowest BCUT2D eigenvalue weighted by atomic mass is 10.1. The SMILES string of the molecule is CCN(CC(C)C)c1cccc(Cl)c1CNC. The van der Waals surface area contributed by atoms with Crippen molar-refractivity contribution in [2.24, 2.45) is 5.92 Å². The molecule has 0 fully saturated rings. The van der Waals surface area contributed by atoms with Crippen molar-refractivity contribution in [3.8, 4) is 0 Å². The summed E-state index contributed by atoms with van der Waals surface area (Å²) in [6, 6.07) is 6.14. The molecule has 1 rings (SSSR count). The van der Waals surface area contributed by atoms with E-state index in [4.69, 9.17) is 11.6 Å². The van der Waals surface area contributed by atoms with E-state index >= 15 is 0 Å². The third-order valence-electron chi connectivity index (χ3n) is 2.76. The van der Waals surface area contributed by atoms with E-state index in [1.165, 1.54) is 11.3 Å². The van der Waals surface area contributed by atoms with E-state index in [1.54, 1.807) is 0 Å². The Bertz CT molecular complexity index is 350. The maximum Gasteiger partial charge on any atom is 0.0471 e. The Labute approximate surface area is 110 Å². The van der Waals surface area contributed by atoms with Gasteiger partial charge in [0.1, 0.15) is 0 Å². The summed E-state index contributed by atoms with van der Waals surface area (Å²) in [6.45, 7) is 9.55. The summed E-state index contributed by atoms with van der Waals surface area (Å²) in [4.78, 5) is 2.39. The molecule has 0 spiro atoms. The Balaban J connectivity index is 3.04. The van der Waals surface area contributed by atoms with Crippen molar-refractivity contribution in [3.05, 3.63) is 28.8 Å². The predicted molar refractivity (Wildman–Crippen MR) is 76.9 cm³/mol. The van der Waals surface area contributed by atoms with Gasteiger partial charge in [-0.05, 0) is 32.0 Å². The van der Waals surface area contributed by atoms with Crippen LogP contribution < -0.4 is 10.2 Å². The van der Waals surface area contributed by atoms with Gasteiger partial charge in [0.15, 0.2) is 0 Å². The number of hydrogen-bond acceptors (Lipinski definition) is 2. The minimum atomic E-state index is 0.649. The van der Waals surface area contributed by atoms with Crippen LogP contribution in [0.5, 0.6) is 0 Å². The molecule has 0 saturated carbocycles. The molecule has 1 aromatic rings. The molecular formula is C14H23ClN2. The van der Waals surface area contributed by atoms with Gasteiger partial charge in [-0.25, -0.2) is 0 Å². The van der Waals surface area contributed by atoms with Gasteiger partial charge in [0.2, 0.25) is 0 Å².